The highest BCUT2D eigenvalue weighted by Gasteiger charge is 2.16. The predicted molar refractivity (Wildman–Crippen MR) is 97.0 cm³/mol. The molecule has 24 heavy (non-hydrogen) atoms. The molecule has 1 unspecified atom stereocenters. The van der Waals surface area contributed by atoms with Gasteiger partial charge in [0.05, 0.1) is 11.9 Å². The van der Waals surface area contributed by atoms with E-state index in [2.05, 4.69) is 5.32 Å². The Kier molecular flexibility index (Phi) is 8.68. The van der Waals surface area contributed by atoms with Crippen LogP contribution in [0.15, 0.2) is 30.3 Å². The minimum absolute atomic E-state index is 0.218. The highest BCUT2D eigenvalue weighted by Crippen LogP contribution is 2.18. The summed E-state index contributed by atoms with van der Waals surface area (Å²) < 4.78 is 10.3. The van der Waals surface area contributed by atoms with Crippen LogP contribution in [-0.4, -0.2) is 36.1 Å². The Balaban J connectivity index is 2.11. The fourth-order valence-electron chi connectivity index (χ4n) is 1.73. The fourth-order valence-corrected chi connectivity index (χ4v) is 2.57. The first-order valence-corrected chi connectivity index (χ1v) is 9.12. The normalized spacial score (nSPS) is 12.3. The molecule has 0 bridgehead atoms. The minimum atomic E-state index is -0.512. The number of hydrogen-bond acceptors (Lipinski definition) is 5. The summed E-state index contributed by atoms with van der Waals surface area (Å²) in [7, 11) is 0. The highest BCUT2D eigenvalue weighted by molar-refractivity contribution is 7.99. The summed E-state index contributed by atoms with van der Waals surface area (Å²) in [5.74, 6) is 0.547. The number of carbonyl (C=O) groups is 2. The second-order valence-electron chi connectivity index (χ2n) is 6.39. The lowest BCUT2D eigenvalue weighted by Crippen LogP contribution is -2.33. The number of benzene rings is 1. The van der Waals surface area contributed by atoms with Crippen LogP contribution >= 0.6 is 11.8 Å². The van der Waals surface area contributed by atoms with E-state index < -0.39 is 11.7 Å². The Morgan fingerprint density at radius 2 is 1.88 bits per heavy atom. The van der Waals surface area contributed by atoms with Crippen LogP contribution < -0.4 is 5.32 Å². The fraction of sp³-hybridized carbons (Fsp3) is 0.556. The van der Waals surface area contributed by atoms with Gasteiger partial charge in [-0.2, -0.15) is 0 Å². The first-order valence-electron chi connectivity index (χ1n) is 8.07. The molecule has 0 aromatic heterocycles. The van der Waals surface area contributed by atoms with Crippen molar-refractivity contribution < 1.29 is 19.1 Å². The van der Waals surface area contributed by atoms with Gasteiger partial charge in [-0.1, -0.05) is 30.3 Å². The molecule has 5 nitrogen and oxygen atoms in total. The van der Waals surface area contributed by atoms with E-state index in [9.17, 15) is 9.59 Å². The van der Waals surface area contributed by atoms with Crippen LogP contribution in [0.3, 0.4) is 0 Å². The van der Waals surface area contributed by atoms with E-state index in [0.717, 1.165) is 5.75 Å². The van der Waals surface area contributed by atoms with Crippen molar-refractivity contribution in [2.75, 3.05) is 13.2 Å². The van der Waals surface area contributed by atoms with Crippen LogP contribution in [0.25, 0.3) is 0 Å². The van der Waals surface area contributed by atoms with Gasteiger partial charge in [0.2, 0.25) is 0 Å². The minimum Gasteiger partial charge on any atom is -0.465 e. The molecule has 0 heterocycles. The second kappa shape index (κ2) is 10.2. The standard InChI is InChI=1S/C18H27NO4S/c1-14(24-13-15-9-6-5-7-10-15)16(20)22-12-8-11-19-17(21)23-18(2,3)4/h5-7,9-10,14H,8,11-13H2,1-4H3,(H,19,21). The van der Waals surface area contributed by atoms with Gasteiger partial charge in [-0.05, 0) is 39.7 Å². The van der Waals surface area contributed by atoms with Crippen molar-refractivity contribution in [2.45, 2.75) is 50.7 Å². The summed E-state index contributed by atoms with van der Waals surface area (Å²) in [4.78, 5) is 23.3. The molecule has 0 aliphatic rings. The molecular formula is C18H27NO4S. The Labute approximate surface area is 148 Å². The lowest BCUT2D eigenvalue weighted by atomic mass is 10.2. The number of ether oxygens (including phenoxy) is 2. The lowest BCUT2D eigenvalue weighted by Gasteiger charge is -2.19. The van der Waals surface area contributed by atoms with Crippen molar-refractivity contribution in [3.63, 3.8) is 0 Å². The molecular weight excluding hydrogens is 326 g/mol. The van der Waals surface area contributed by atoms with Gasteiger partial charge in [-0.15, -0.1) is 11.8 Å². The van der Waals surface area contributed by atoms with E-state index in [1.54, 1.807) is 11.8 Å². The van der Waals surface area contributed by atoms with Gasteiger partial charge in [0, 0.05) is 12.3 Å². The topological polar surface area (TPSA) is 64.6 Å². The van der Waals surface area contributed by atoms with Crippen LogP contribution in [0.1, 0.15) is 39.7 Å². The summed E-state index contributed by atoms with van der Waals surface area (Å²) in [6.07, 6.45) is 0.0988. The third kappa shape index (κ3) is 9.45. The van der Waals surface area contributed by atoms with E-state index >= 15 is 0 Å². The van der Waals surface area contributed by atoms with Crippen LogP contribution in [0.2, 0.25) is 0 Å². The number of alkyl carbamates (subject to hydrolysis) is 1. The van der Waals surface area contributed by atoms with E-state index in [0.29, 0.717) is 13.0 Å². The molecule has 0 aliphatic carbocycles. The number of rotatable bonds is 8. The van der Waals surface area contributed by atoms with Gasteiger partial charge < -0.3 is 14.8 Å². The number of hydrogen-bond donors (Lipinski definition) is 1. The van der Waals surface area contributed by atoms with Gasteiger partial charge in [0.1, 0.15) is 5.60 Å². The molecule has 0 radical (unpaired) electrons. The molecule has 0 saturated carbocycles. The molecule has 1 N–H and O–H groups in total. The van der Waals surface area contributed by atoms with Crippen LogP contribution in [0.4, 0.5) is 4.79 Å². The van der Waals surface area contributed by atoms with Crippen molar-refractivity contribution in [3.8, 4) is 0 Å². The number of thioether (sulfide) groups is 1. The number of esters is 1. The zero-order valence-electron chi connectivity index (χ0n) is 14.8. The molecule has 6 heteroatoms. The maximum absolute atomic E-state index is 11.9. The molecule has 0 spiro atoms. The molecule has 0 saturated heterocycles. The predicted octanol–water partition coefficient (Wildman–Crippen LogP) is 3.77. The van der Waals surface area contributed by atoms with Gasteiger partial charge in [0.15, 0.2) is 0 Å². The second-order valence-corrected chi connectivity index (χ2v) is 7.72. The largest absolute Gasteiger partial charge is 0.465 e. The zero-order valence-corrected chi connectivity index (χ0v) is 15.7. The molecule has 134 valence electrons. The van der Waals surface area contributed by atoms with Crippen molar-refractivity contribution in [1.29, 1.82) is 0 Å². The zero-order chi connectivity index (χ0) is 18.0. The lowest BCUT2D eigenvalue weighted by molar-refractivity contribution is -0.142. The molecule has 1 rings (SSSR count). The Bertz CT molecular complexity index is 514. The maximum atomic E-state index is 11.9. The van der Waals surface area contributed by atoms with Crippen LogP contribution in [0.5, 0.6) is 0 Å². The molecule has 0 fully saturated rings. The van der Waals surface area contributed by atoms with E-state index in [1.165, 1.54) is 5.56 Å². The molecule has 1 amide bonds. The van der Waals surface area contributed by atoms with Crippen molar-refractivity contribution in [3.05, 3.63) is 35.9 Å². The smallest absolute Gasteiger partial charge is 0.407 e. The van der Waals surface area contributed by atoms with Crippen molar-refractivity contribution in [2.24, 2.45) is 0 Å². The molecule has 0 aliphatic heterocycles. The third-order valence-corrected chi connectivity index (χ3v) is 4.10. The van der Waals surface area contributed by atoms with Crippen molar-refractivity contribution >= 4 is 23.8 Å². The summed E-state index contributed by atoms with van der Waals surface area (Å²) in [5, 5.41) is 2.41. The van der Waals surface area contributed by atoms with Gasteiger partial charge in [-0.3, -0.25) is 4.79 Å². The van der Waals surface area contributed by atoms with Gasteiger partial charge in [-0.25, -0.2) is 4.79 Å². The number of amides is 1. The summed E-state index contributed by atoms with van der Waals surface area (Å²) in [5.41, 5.74) is 0.672. The Morgan fingerprint density at radius 3 is 2.50 bits per heavy atom. The van der Waals surface area contributed by atoms with E-state index in [1.807, 2.05) is 58.0 Å². The average Bonchev–Trinajstić information content (AvgIpc) is 2.51. The number of carbonyl (C=O) groups excluding carboxylic acids is 2. The number of nitrogens with one attached hydrogen (secondary N) is 1. The third-order valence-electron chi connectivity index (χ3n) is 2.91. The Morgan fingerprint density at radius 1 is 1.21 bits per heavy atom. The first kappa shape index (κ1) is 20.4. The quantitative estimate of drug-likeness (QED) is 0.569. The van der Waals surface area contributed by atoms with E-state index in [-0.39, 0.29) is 17.8 Å². The summed E-state index contributed by atoms with van der Waals surface area (Å²) >= 11 is 1.55. The SMILES string of the molecule is CC(SCc1ccccc1)C(=O)OCCCNC(=O)OC(C)(C)C. The monoisotopic (exact) mass is 353 g/mol. The van der Waals surface area contributed by atoms with E-state index in [4.69, 9.17) is 9.47 Å². The summed E-state index contributed by atoms with van der Waals surface area (Å²) in [6, 6.07) is 10.0. The summed E-state index contributed by atoms with van der Waals surface area (Å²) in [6.45, 7) is 7.96. The maximum Gasteiger partial charge on any atom is 0.407 e. The van der Waals surface area contributed by atoms with Gasteiger partial charge >= 0.3 is 12.1 Å². The van der Waals surface area contributed by atoms with Crippen LogP contribution in [-0.2, 0) is 20.0 Å². The van der Waals surface area contributed by atoms with Gasteiger partial charge in [0.25, 0.3) is 0 Å². The highest BCUT2D eigenvalue weighted by atomic mass is 32.2. The molecule has 1 atom stereocenters. The molecule has 1 aromatic carbocycles. The average molecular weight is 353 g/mol. The van der Waals surface area contributed by atoms with Crippen molar-refractivity contribution in [1.82, 2.24) is 5.32 Å². The molecule has 1 aromatic rings. The first-order chi connectivity index (χ1) is 11.3. The Hall–Kier alpha value is -1.69. The van der Waals surface area contributed by atoms with Crippen LogP contribution in [0, 0.1) is 0 Å².